The van der Waals surface area contributed by atoms with Crippen LogP contribution in [0.15, 0.2) is 48.7 Å². The Morgan fingerprint density at radius 3 is 2.63 bits per heavy atom. The number of carbonyl (C=O) groups is 1. The van der Waals surface area contributed by atoms with Gasteiger partial charge in [0.1, 0.15) is 5.82 Å². The van der Waals surface area contributed by atoms with Crippen molar-refractivity contribution in [1.82, 2.24) is 9.97 Å². The van der Waals surface area contributed by atoms with Crippen LogP contribution in [0, 0.1) is 13.8 Å². The number of halogens is 1. The van der Waals surface area contributed by atoms with Crippen LogP contribution >= 0.6 is 11.6 Å². The molecule has 0 saturated carbocycles. The maximum atomic E-state index is 11.7. The first-order valence-electron chi connectivity index (χ1n) is 8.28. The Hall–Kier alpha value is -3.12. The highest BCUT2D eigenvalue weighted by atomic mass is 35.5. The topological polar surface area (TPSA) is 76.1 Å². The minimum Gasteiger partial charge on any atom is -0.465 e. The highest BCUT2D eigenvalue weighted by Gasteiger charge is 2.10. The van der Waals surface area contributed by atoms with Gasteiger partial charge in [-0.05, 0) is 55.3 Å². The molecule has 0 aliphatic carbocycles. The van der Waals surface area contributed by atoms with E-state index in [1.807, 2.05) is 13.8 Å². The minimum absolute atomic E-state index is 0.356. The van der Waals surface area contributed by atoms with Crippen molar-refractivity contribution in [2.45, 2.75) is 13.8 Å². The first-order chi connectivity index (χ1) is 13.0. The predicted octanol–water partition coefficient (Wildman–Crippen LogP) is 5.02. The van der Waals surface area contributed by atoms with E-state index in [0.29, 0.717) is 28.0 Å². The maximum absolute atomic E-state index is 11.7. The van der Waals surface area contributed by atoms with Gasteiger partial charge in [-0.1, -0.05) is 23.7 Å². The first-order valence-corrected chi connectivity index (χ1v) is 8.66. The van der Waals surface area contributed by atoms with E-state index in [2.05, 4.69) is 38.8 Å². The van der Waals surface area contributed by atoms with E-state index in [1.165, 1.54) is 7.11 Å². The summed E-state index contributed by atoms with van der Waals surface area (Å²) in [7, 11) is 1.33. The van der Waals surface area contributed by atoms with Gasteiger partial charge in [-0.3, -0.25) is 0 Å². The Bertz CT molecular complexity index is 991. The molecule has 0 radical (unpaired) electrons. The van der Waals surface area contributed by atoms with Crippen LogP contribution in [0.5, 0.6) is 0 Å². The van der Waals surface area contributed by atoms with Crippen molar-refractivity contribution in [1.29, 1.82) is 0 Å². The molecular formula is C20H19ClN4O2. The molecule has 0 bridgehead atoms. The summed E-state index contributed by atoms with van der Waals surface area (Å²) >= 11 is 6.22. The number of ether oxygens (including phenoxy) is 1. The van der Waals surface area contributed by atoms with E-state index in [1.54, 1.807) is 30.5 Å². The molecule has 7 heteroatoms. The van der Waals surface area contributed by atoms with Gasteiger partial charge >= 0.3 is 5.97 Å². The minimum atomic E-state index is -0.444. The molecule has 0 fully saturated rings. The van der Waals surface area contributed by atoms with Gasteiger partial charge < -0.3 is 15.4 Å². The first kappa shape index (κ1) is 18.7. The average molecular weight is 383 g/mol. The van der Waals surface area contributed by atoms with Crippen LogP contribution in [-0.2, 0) is 4.74 Å². The lowest BCUT2D eigenvalue weighted by atomic mass is 10.1. The van der Waals surface area contributed by atoms with E-state index in [4.69, 9.17) is 16.3 Å². The molecule has 6 nitrogen and oxygen atoms in total. The zero-order valence-electron chi connectivity index (χ0n) is 15.2. The number of rotatable bonds is 5. The smallest absolute Gasteiger partial charge is 0.337 e. The number of nitrogens with zero attached hydrogens (tertiary/aromatic N) is 2. The number of aryl methyl sites for hydroxylation is 2. The summed E-state index contributed by atoms with van der Waals surface area (Å²) in [6.45, 7) is 4.06. The van der Waals surface area contributed by atoms with Gasteiger partial charge in [0.05, 0.1) is 23.4 Å². The fourth-order valence-electron chi connectivity index (χ4n) is 2.48. The number of hydrogen-bond donors (Lipinski definition) is 2. The highest BCUT2D eigenvalue weighted by molar-refractivity contribution is 6.33. The molecule has 1 heterocycles. The van der Waals surface area contributed by atoms with Gasteiger partial charge in [0.15, 0.2) is 0 Å². The number of methoxy groups -OCH3 is 1. The summed E-state index contributed by atoms with van der Waals surface area (Å²) in [5, 5.41) is 6.78. The van der Waals surface area contributed by atoms with Gasteiger partial charge in [0.25, 0.3) is 0 Å². The summed E-state index contributed by atoms with van der Waals surface area (Å²) in [4.78, 5) is 20.4. The lowest BCUT2D eigenvalue weighted by Gasteiger charge is -2.12. The van der Waals surface area contributed by atoms with E-state index in [9.17, 15) is 4.79 Å². The summed E-state index contributed by atoms with van der Waals surface area (Å²) in [6, 6.07) is 12.8. The summed E-state index contributed by atoms with van der Waals surface area (Å²) < 4.78 is 4.74. The standard InChI is InChI=1S/C20H19ClN4O2/c1-12-4-5-13(2)16(10-12)23-18-8-9-22-20(25-18)24-17-11-14(19(26)27-3)6-7-15(17)21/h4-11H,1-3H3,(H2,22,23,24,25). The van der Waals surface area contributed by atoms with Gasteiger partial charge in [0, 0.05) is 11.9 Å². The molecule has 0 atom stereocenters. The van der Waals surface area contributed by atoms with Crippen LogP contribution in [0.3, 0.4) is 0 Å². The van der Waals surface area contributed by atoms with E-state index < -0.39 is 5.97 Å². The van der Waals surface area contributed by atoms with Crippen molar-refractivity contribution in [2.75, 3.05) is 17.7 Å². The van der Waals surface area contributed by atoms with E-state index >= 15 is 0 Å². The third-order valence-corrected chi connectivity index (χ3v) is 4.27. The molecule has 0 saturated heterocycles. The molecule has 0 aliphatic heterocycles. The lowest BCUT2D eigenvalue weighted by Crippen LogP contribution is -2.04. The fraction of sp³-hybridized carbons (Fsp3) is 0.150. The Morgan fingerprint density at radius 2 is 1.85 bits per heavy atom. The number of hydrogen-bond acceptors (Lipinski definition) is 6. The predicted molar refractivity (Wildman–Crippen MR) is 107 cm³/mol. The molecule has 0 spiro atoms. The number of carbonyl (C=O) groups excluding carboxylic acids is 1. The lowest BCUT2D eigenvalue weighted by molar-refractivity contribution is 0.0601. The maximum Gasteiger partial charge on any atom is 0.337 e. The quantitative estimate of drug-likeness (QED) is 0.603. The number of anilines is 4. The van der Waals surface area contributed by atoms with Crippen LogP contribution in [0.1, 0.15) is 21.5 Å². The monoisotopic (exact) mass is 382 g/mol. The number of nitrogens with one attached hydrogen (secondary N) is 2. The summed E-state index contributed by atoms with van der Waals surface area (Å²) in [5.74, 6) is 0.552. The van der Waals surface area contributed by atoms with Gasteiger partial charge in [-0.2, -0.15) is 4.98 Å². The number of benzene rings is 2. The fourth-order valence-corrected chi connectivity index (χ4v) is 2.65. The van der Waals surface area contributed by atoms with Crippen LogP contribution in [-0.4, -0.2) is 23.0 Å². The van der Waals surface area contributed by atoms with Crippen molar-refractivity contribution >= 4 is 40.7 Å². The zero-order chi connectivity index (χ0) is 19.4. The molecule has 0 unspecified atom stereocenters. The molecule has 3 aromatic rings. The van der Waals surface area contributed by atoms with E-state index in [-0.39, 0.29) is 0 Å². The molecule has 1 aromatic heterocycles. The Balaban J connectivity index is 1.84. The average Bonchev–Trinajstić information content (AvgIpc) is 2.66. The van der Waals surface area contributed by atoms with Crippen LogP contribution in [0.25, 0.3) is 0 Å². The van der Waals surface area contributed by atoms with Crippen molar-refractivity contribution in [2.24, 2.45) is 0 Å². The van der Waals surface area contributed by atoms with Gasteiger partial charge in [-0.15, -0.1) is 0 Å². The van der Waals surface area contributed by atoms with Crippen molar-refractivity contribution < 1.29 is 9.53 Å². The molecule has 27 heavy (non-hydrogen) atoms. The molecule has 3 rings (SSSR count). The number of esters is 1. The summed E-state index contributed by atoms with van der Waals surface area (Å²) in [6.07, 6.45) is 1.64. The molecule has 138 valence electrons. The van der Waals surface area contributed by atoms with Crippen LogP contribution < -0.4 is 10.6 Å². The van der Waals surface area contributed by atoms with Crippen molar-refractivity contribution in [3.8, 4) is 0 Å². The molecular weight excluding hydrogens is 364 g/mol. The number of aromatic nitrogens is 2. The molecule has 2 aromatic carbocycles. The molecule has 0 amide bonds. The Kier molecular flexibility index (Phi) is 5.57. The van der Waals surface area contributed by atoms with Crippen LogP contribution in [0.4, 0.5) is 23.1 Å². The third kappa shape index (κ3) is 4.54. The van der Waals surface area contributed by atoms with E-state index in [0.717, 1.165) is 16.8 Å². The highest BCUT2D eigenvalue weighted by Crippen LogP contribution is 2.27. The second-order valence-electron chi connectivity index (χ2n) is 6.02. The second-order valence-corrected chi connectivity index (χ2v) is 6.43. The van der Waals surface area contributed by atoms with Gasteiger partial charge in [-0.25, -0.2) is 9.78 Å². The third-order valence-electron chi connectivity index (χ3n) is 3.95. The van der Waals surface area contributed by atoms with Crippen molar-refractivity contribution in [3.05, 3.63) is 70.4 Å². The van der Waals surface area contributed by atoms with Crippen LogP contribution in [0.2, 0.25) is 5.02 Å². The van der Waals surface area contributed by atoms with Gasteiger partial charge in [0.2, 0.25) is 5.95 Å². The second kappa shape index (κ2) is 8.05. The molecule has 0 aliphatic rings. The normalized spacial score (nSPS) is 10.4. The Labute approximate surface area is 162 Å². The Morgan fingerprint density at radius 1 is 1.04 bits per heavy atom. The molecule has 2 N–H and O–H groups in total. The zero-order valence-corrected chi connectivity index (χ0v) is 16.0. The largest absolute Gasteiger partial charge is 0.465 e. The van der Waals surface area contributed by atoms with Crippen molar-refractivity contribution in [3.63, 3.8) is 0 Å². The summed E-state index contributed by atoms with van der Waals surface area (Å²) in [5.41, 5.74) is 4.15. The SMILES string of the molecule is COC(=O)c1ccc(Cl)c(Nc2nccc(Nc3cc(C)ccc3C)n2)c1.